The standard InChI is InChI=1S/C17H17N5O2S/c1-21(24-2)17(23)14-10-6-7-11-15(14)25-12-16-18-19-20-22(16)13-8-4-3-5-9-13/h3-11H,12H2,1-2H3. The Morgan fingerprint density at radius 2 is 1.88 bits per heavy atom. The molecule has 3 rings (SSSR count). The Labute approximate surface area is 149 Å². The predicted molar refractivity (Wildman–Crippen MR) is 94.3 cm³/mol. The number of nitrogens with zero attached hydrogens (tertiary/aromatic N) is 5. The highest BCUT2D eigenvalue weighted by Crippen LogP contribution is 2.27. The predicted octanol–water partition coefficient (Wildman–Crippen LogP) is 2.59. The number of aromatic nitrogens is 4. The molecule has 0 unspecified atom stereocenters. The summed E-state index contributed by atoms with van der Waals surface area (Å²) in [4.78, 5) is 18.2. The summed E-state index contributed by atoms with van der Waals surface area (Å²) < 4.78 is 1.69. The second kappa shape index (κ2) is 7.91. The van der Waals surface area contributed by atoms with Gasteiger partial charge in [-0.2, -0.15) is 4.68 Å². The molecule has 1 heterocycles. The van der Waals surface area contributed by atoms with Gasteiger partial charge in [0, 0.05) is 11.9 Å². The lowest BCUT2D eigenvalue weighted by Gasteiger charge is -2.15. The fourth-order valence-corrected chi connectivity index (χ4v) is 3.18. The van der Waals surface area contributed by atoms with E-state index in [2.05, 4.69) is 15.5 Å². The van der Waals surface area contributed by atoms with Gasteiger partial charge in [-0.05, 0) is 34.7 Å². The second-order valence-corrected chi connectivity index (χ2v) is 6.13. The molecular formula is C17H17N5O2S. The van der Waals surface area contributed by atoms with Crippen molar-refractivity contribution in [1.29, 1.82) is 0 Å². The number of benzene rings is 2. The Hall–Kier alpha value is -2.71. The molecule has 0 bridgehead atoms. The van der Waals surface area contributed by atoms with E-state index in [9.17, 15) is 4.79 Å². The summed E-state index contributed by atoms with van der Waals surface area (Å²) in [5, 5.41) is 13.1. The van der Waals surface area contributed by atoms with Crippen molar-refractivity contribution >= 4 is 17.7 Å². The molecule has 0 atom stereocenters. The van der Waals surface area contributed by atoms with Gasteiger partial charge in [0.25, 0.3) is 5.91 Å². The first-order chi connectivity index (χ1) is 12.2. The number of hydroxylamine groups is 2. The van der Waals surface area contributed by atoms with Crippen LogP contribution in [0.4, 0.5) is 0 Å². The molecule has 7 nitrogen and oxygen atoms in total. The number of rotatable bonds is 6. The number of tetrazole rings is 1. The molecule has 0 saturated heterocycles. The Morgan fingerprint density at radius 3 is 2.64 bits per heavy atom. The highest BCUT2D eigenvalue weighted by molar-refractivity contribution is 7.98. The van der Waals surface area contributed by atoms with Gasteiger partial charge in [0.1, 0.15) is 0 Å². The van der Waals surface area contributed by atoms with Gasteiger partial charge in [0.2, 0.25) is 0 Å². The SMILES string of the molecule is CON(C)C(=O)c1ccccc1SCc1nnnn1-c1ccccc1. The molecule has 0 N–H and O–H groups in total. The van der Waals surface area contributed by atoms with E-state index in [0.29, 0.717) is 17.1 Å². The number of para-hydroxylation sites is 1. The van der Waals surface area contributed by atoms with Crippen LogP contribution in [-0.2, 0) is 10.6 Å². The van der Waals surface area contributed by atoms with Crippen molar-refractivity contribution in [3.63, 3.8) is 0 Å². The third-order valence-electron chi connectivity index (χ3n) is 3.57. The van der Waals surface area contributed by atoms with Crippen LogP contribution in [0.15, 0.2) is 59.5 Å². The van der Waals surface area contributed by atoms with Crippen LogP contribution in [0.5, 0.6) is 0 Å². The maximum Gasteiger partial charge on any atom is 0.278 e. The van der Waals surface area contributed by atoms with E-state index < -0.39 is 0 Å². The van der Waals surface area contributed by atoms with Gasteiger partial charge in [-0.1, -0.05) is 30.3 Å². The van der Waals surface area contributed by atoms with Gasteiger partial charge in [-0.25, -0.2) is 5.06 Å². The molecule has 128 valence electrons. The molecule has 0 aliphatic rings. The van der Waals surface area contributed by atoms with Gasteiger partial charge >= 0.3 is 0 Å². The Morgan fingerprint density at radius 1 is 1.16 bits per heavy atom. The molecule has 8 heteroatoms. The van der Waals surface area contributed by atoms with Crippen molar-refractivity contribution in [2.75, 3.05) is 14.2 Å². The lowest BCUT2D eigenvalue weighted by atomic mass is 10.2. The summed E-state index contributed by atoms with van der Waals surface area (Å²) >= 11 is 1.50. The van der Waals surface area contributed by atoms with E-state index >= 15 is 0 Å². The quantitative estimate of drug-likeness (QED) is 0.500. The molecule has 0 radical (unpaired) electrons. The summed E-state index contributed by atoms with van der Waals surface area (Å²) in [6, 6.07) is 17.1. The lowest BCUT2D eigenvalue weighted by molar-refractivity contribution is -0.0759. The average molecular weight is 355 g/mol. The van der Waals surface area contributed by atoms with Gasteiger partial charge in [-0.15, -0.1) is 16.9 Å². The van der Waals surface area contributed by atoms with E-state index in [4.69, 9.17) is 4.84 Å². The second-order valence-electron chi connectivity index (χ2n) is 5.11. The lowest BCUT2D eigenvalue weighted by Crippen LogP contribution is -2.25. The van der Waals surface area contributed by atoms with Crippen LogP contribution >= 0.6 is 11.8 Å². The third kappa shape index (κ3) is 3.86. The van der Waals surface area contributed by atoms with Crippen molar-refractivity contribution in [3.8, 4) is 5.69 Å². The summed E-state index contributed by atoms with van der Waals surface area (Å²) in [5.74, 6) is 1.04. The van der Waals surface area contributed by atoms with Crippen LogP contribution in [0.25, 0.3) is 5.69 Å². The molecule has 1 aromatic heterocycles. The molecule has 0 saturated carbocycles. The van der Waals surface area contributed by atoms with Crippen LogP contribution < -0.4 is 0 Å². The zero-order valence-electron chi connectivity index (χ0n) is 13.9. The van der Waals surface area contributed by atoms with Gasteiger partial charge in [-0.3, -0.25) is 9.63 Å². The normalized spacial score (nSPS) is 10.6. The molecule has 2 aromatic carbocycles. The topological polar surface area (TPSA) is 73.1 Å². The van der Waals surface area contributed by atoms with Crippen molar-refractivity contribution in [1.82, 2.24) is 25.3 Å². The smallest absolute Gasteiger partial charge is 0.274 e. The first kappa shape index (κ1) is 17.1. The first-order valence-corrected chi connectivity index (χ1v) is 8.56. The highest BCUT2D eigenvalue weighted by atomic mass is 32.2. The number of hydrogen-bond acceptors (Lipinski definition) is 6. The molecule has 25 heavy (non-hydrogen) atoms. The minimum atomic E-state index is -0.201. The van der Waals surface area contributed by atoms with E-state index in [1.54, 1.807) is 17.8 Å². The summed E-state index contributed by atoms with van der Waals surface area (Å²) in [5.41, 5.74) is 1.47. The monoisotopic (exact) mass is 355 g/mol. The molecule has 0 spiro atoms. The van der Waals surface area contributed by atoms with Crippen LogP contribution in [0.2, 0.25) is 0 Å². The Kier molecular flexibility index (Phi) is 5.42. The van der Waals surface area contributed by atoms with Crippen LogP contribution in [0.3, 0.4) is 0 Å². The molecule has 3 aromatic rings. The van der Waals surface area contributed by atoms with Gasteiger partial charge in [0.15, 0.2) is 5.82 Å². The molecule has 0 aliphatic heterocycles. The van der Waals surface area contributed by atoms with Crippen LogP contribution in [-0.4, -0.2) is 45.3 Å². The number of carbonyl (C=O) groups excluding carboxylic acids is 1. The maximum absolute atomic E-state index is 12.4. The molecular weight excluding hydrogens is 338 g/mol. The fourth-order valence-electron chi connectivity index (χ4n) is 2.23. The first-order valence-electron chi connectivity index (χ1n) is 7.57. The maximum atomic E-state index is 12.4. The molecule has 0 aliphatic carbocycles. The van der Waals surface area contributed by atoms with E-state index in [1.807, 2.05) is 48.5 Å². The Bertz CT molecular complexity index is 853. The number of hydrogen-bond donors (Lipinski definition) is 0. The van der Waals surface area contributed by atoms with Crippen LogP contribution in [0, 0.1) is 0 Å². The fraction of sp³-hybridized carbons (Fsp3) is 0.176. The zero-order valence-corrected chi connectivity index (χ0v) is 14.7. The van der Waals surface area contributed by atoms with Crippen molar-refractivity contribution in [2.24, 2.45) is 0 Å². The molecule has 1 amide bonds. The van der Waals surface area contributed by atoms with E-state index in [0.717, 1.165) is 10.6 Å². The highest BCUT2D eigenvalue weighted by Gasteiger charge is 2.17. The largest absolute Gasteiger partial charge is 0.278 e. The average Bonchev–Trinajstić information content (AvgIpc) is 3.14. The minimum absolute atomic E-state index is 0.201. The number of carbonyl (C=O) groups is 1. The third-order valence-corrected chi connectivity index (χ3v) is 4.64. The van der Waals surface area contributed by atoms with Gasteiger partial charge in [0.05, 0.1) is 24.1 Å². The van der Waals surface area contributed by atoms with Crippen molar-refractivity contribution in [3.05, 3.63) is 66.0 Å². The van der Waals surface area contributed by atoms with Crippen molar-refractivity contribution < 1.29 is 9.63 Å². The summed E-state index contributed by atoms with van der Waals surface area (Å²) in [6.45, 7) is 0. The van der Waals surface area contributed by atoms with E-state index in [1.165, 1.54) is 23.9 Å². The summed E-state index contributed by atoms with van der Waals surface area (Å²) in [7, 11) is 3.04. The molecule has 0 fully saturated rings. The minimum Gasteiger partial charge on any atom is -0.274 e. The van der Waals surface area contributed by atoms with Gasteiger partial charge < -0.3 is 0 Å². The van der Waals surface area contributed by atoms with E-state index in [-0.39, 0.29) is 5.91 Å². The number of amides is 1. The van der Waals surface area contributed by atoms with Crippen LogP contribution in [0.1, 0.15) is 16.2 Å². The van der Waals surface area contributed by atoms with Crippen molar-refractivity contribution in [2.45, 2.75) is 10.6 Å². The number of thioether (sulfide) groups is 1. The summed E-state index contributed by atoms with van der Waals surface area (Å²) in [6.07, 6.45) is 0. The Balaban J connectivity index is 1.80. The zero-order chi connectivity index (χ0) is 17.6.